The summed E-state index contributed by atoms with van der Waals surface area (Å²) in [4.78, 5) is 69.6. The van der Waals surface area contributed by atoms with Crippen LogP contribution in [0.3, 0.4) is 0 Å². The van der Waals surface area contributed by atoms with Gasteiger partial charge >= 0.3 is 0 Å². The minimum Gasteiger partial charge on any atom is -0.394 e. The zero-order chi connectivity index (χ0) is 32.1. The molecule has 7 rings (SSSR count). The van der Waals surface area contributed by atoms with E-state index < -0.39 is 22.7 Å². The van der Waals surface area contributed by atoms with Gasteiger partial charge in [-0.05, 0) is 73.1 Å². The van der Waals surface area contributed by atoms with Crippen LogP contribution in [0.25, 0.3) is 0 Å². The highest BCUT2D eigenvalue weighted by Gasteiger charge is 2.30. The number of amidine groups is 1. The van der Waals surface area contributed by atoms with Gasteiger partial charge in [0, 0.05) is 30.4 Å². The zero-order valence-corrected chi connectivity index (χ0v) is 25.0. The number of nitrogen functional groups attached to an aromatic ring is 1. The highest BCUT2D eigenvalue weighted by atomic mass is 16.7. The Balaban J connectivity index is 1.02. The second kappa shape index (κ2) is 11.3. The molecule has 3 heterocycles. The summed E-state index contributed by atoms with van der Waals surface area (Å²) in [7, 11) is 0. The lowest BCUT2D eigenvalue weighted by molar-refractivity contribution is 0.0931. The van der Waals surface area contributed by atoms with Crippen molar-refractivity contribution in [3.05, 3.63) is 120 Å². The predicted molar refractivity (Wildman–Crippen MR) is 170 cm³/mol. The van der Waals surface area contributed by atoms with Gasteiger partial charge in [-0.3, -0.25) is 19.2 Å². The van der Waals surface area contributed by atoms with Crippen molar-refractivity contribution in [1.29, 1.82) is 0 Å². The van der Waals surface area contributed by atoms with E-state index in [1.165, 1.54) is 12.4 Å². The summed E-state index contributed by atoms with van der Waals surface area (Å²) in [5, 5.41) is 5.89. The highest BCUT2D eigenvalue weighted by Crippen LogP contribution is 2.36. The normalized spacial score (nSPS) is 16.7. The molecular weight excluding hydrogens is 588 g/mol. The molecule has 232 valence electrons. The first-order valence-electron chi connectivity index (χ1n) is 14.9. The fourth-order valence-electron chi connectivity index (χ4n) is 6.42. The fraction of sp³-hybridized carbons (Fsp3) is 0.242. The van der Waals surface area contributed by atoms with Crippen LogP contribution in [0.4, 0.5) is 17.1 Å². The van der Waals surface area contributed by atoms with Gasteiger partial charge in [-0.1, -0.05) is 24.3 Å². The topological polar surface area (TPSA) is 181 Å². The Morgan fingerprint density at radius 3 is 2.65 bits per heavy atom. The number of fused-ring (bicyclic) bond motifs is 2. The van der Waals surface area contributed by atoms with E-state index in [0.29, 0.717) is 18.3 Å². The minimum absolute atomic E-state index is 0.0173. The maximum absolute atomic E-state index is 13.2. The van der Waals surface area contributed by atoms with Crippen molar-refractivity contribution >= 4 is 34.7 Å². The lowest BCUT2D eigenvalue weighted by Gasteiger charge is -2.32. The molecule has 0 bridgehead atoms. The minimum atomic E-state index is -0.656. The van der Waals surface area contributed by atoms with Crippen LogP contribution in [0.1, 0.15) is 73.2 Å². The van der Waals surface area contributed by atoms with Gasteiger partial charge in [0.1, 0.15) is 29.1 Å². The van der Waals surface area contributed by atoms with Gasteiger partial charge in [-0.15, -0.1) is 0 Å². The molecule has 13 heteroatoms. The number of hydrogen-bond donors (Lipinski definition) is 4. The number of hydroxylamine groups is 1. The summed E-state index contributed by atoms with van der Waals surface area (Å²) in [6, 6.07) is 10.8. The van der Waals surface area contributed by atoms with E-state index in [2.05, 4.69) is 37.7 Å². The number of rotatable bonds is 7. The molecule has 0 radical (unpaired) electrons. The molecule has 13 nitrogen and oxygen atoms in total. The van der Waals surface area contributed by atoms with Crippen molar-refractivity contribution in [1.82, 2.24) is 26.1 Å². The molecule has 46 heavy (non-hydrogen) atoms. The largest absolute Gasteiger partial charge is 0.394 e. The van der Waals surface area contributed by atoms with Crippen LogP contribution in [-0.2, 0) is 24.2 Å². The molecule has 1 aromatic heterocycles. The number of nitrogens with zero attached hydrogens (tertiary/aromatic N) is 4. The average molecular weight is 619 g/mol. The molecule has 2 amide bonds. The third kappa shape index (κ3) is 4.95. The monoisotopic (exact) mass is 618 g/mol. The maximum Gasteiger partial charge on any atom is 0.270 e. The Bertz CT molecular complexity index is 2060. The SMILES string of the molecule is C=C1N=C(c2ccc3c(c2C)CC[C@@H]3NC(=O)c2cc(C(=O)NCc3ccc4c(c3)N(c3c(N)c(=O)c3=O)CCC4)ncn2)NO1. The van der Waals surface area contributed by atoms with E-state index >= 15 is 0 Å². The van der Waals surface area contributed by atoms with Gasteiger partial charge in [0.2, 0.25) is 5.88 Å². The zero-order valence-electron chi connectivity index (χ0n) is 25.0. The van der Waals surface area contributed by atoms with Crippen molar-refractivity contribution in [3.63, 3.8) is 0 Å². The number of aliphatic imine (C=N–C) groups is 1. The van der Waals surface area contributed by atoms with E-state index in [9.17, 15) is 19.2 Å². The standard InChI is InChI=1S/C33H30N8O5/c1-16-20-9-10-23(22(20)8-7-21(16)31-38-17(2)46-40-31)39-33(45)25-13-24(36-15-37-25)32(44)35-14-18-5-6-19-4-3-11-41(26(19)12-18)28-27(34)29(42)30(28)43/h5-8,12-13,15,23H,2-4,9-11,14,34H2,1H3,(H,35,44)(H,38,40)(H,39,45)/t23-/m0/s1. The Morgan fingerprint density at radius 1 is 1.09 bits per heavy atom. The summed E-state index contributed by atoms with van der Waals surface area (Å²) in [5.41, 5.74) is 14.5. The molecule has 1 atom stereocenters. The maximum atomic E-state index is 13.2. The molecule has 1 aliphatic carbocycles. The highest BCUT2D eigenvalue weighted by molar-refractivity contribution is 6.01. The predicted octanol–water partition coefficient (Wildman–Crippen LogP) is 2.15. The lowest BCUT2D eigenvalue weighted by atomic mass is 9.97. The number of carbonyl (C=O) groups is 2. The van der Waals surface area contributed by atoms with E-state index in [1.54, 1.807) is 4.90 Å². The quantitative estimate of drug-likeness (QED) is 0.224. The number of nitrogens with one attached hydrogen (secondary N) is 3. The molecule has 0 fully saturated rings. The second-order valence-corrected chi connectivity index (χ2v) is 11.5. The van der Waals surface area contributed by atoms with Crippen LogP contribution >= 0.6 is 0 Å². The molecule has 0 spiro atoms. The second-order valence-electron chi connectivity index (χ2n) is 11.5. The molecule has 5 N–H and O–H groups in total. The third-order valence-corrected chi connectivity index (χ3v) is 8.80. The number of amides is 2. The number of nitrogens with two attached hydrogens (primary N) is 1. The molecule has 3 aromatic carbocycles. The van der Waals surface area contributed by atoms with Crippen LogP contribution in [-0.4, -0.2) is 34.2 Å². The van der Waals surface area contributed by atoms with E-state index in [1.807, 2.05) is 37.3 Å². The van der Waals surface area contributed by atoms with E-state index in [-0.39, 0.29) is 35.3 Å². The molecule has 0 unspecified atom stereocenters. The van der Waals surface area contributed by atoms with E-state index in [0.717, 1.165) is 64.8 Å². The smallest absolute Gasteiger partial charge is 0.270 e. The van der Waals surface area contributed by atoms with Crippen molar-refractivity contribution in [2.45, 2.75) is 45.2 Å². The Labute approximate surface area is 262 Å². The van der Waals surface area contributed by atoms with Crippen molar-refractivity contribution in [2.24, 2.45) is 4.99 Å². The van der Waals surface area contributed by atoms with E-state index in [4.69, 9.17) is 10.6 Å². The van der Waals surface area contributed by atoms with Crippen molar-refractivity contribution in [3.8, 4) is 0 Å². The van der Waals surface area contributed by atoms with Gasteiger partial charge in [0.15, 0.2) is 5.84 Å². The number of benzene rings is 2. The molecule has 0 saturated carbocycles. The number of hydrogen-bond acceptors (Lipinski definition) is 11. The van der Waals surface area contributed by atoms with Gasteiger partial charge in [0.05, 0.1) is 6.04 Å². The van der Waals surface area contributed by atoms with Crippen LogP contribution < -0.4 is 37.6 Å². The average Bonchev–Trinajstić information content (AvgIpc) is 3.70. The first-order valence-corrected chi connectivity index (χ1v) is 14.9. The molecular formula is C33H30N8O5. The van der Waals surface area contributed by atoms with Crippen LogP contribution in [0, 0.1) is 6.92 Å². The number of aryl methyl sites for hydroxylation is 1. The first kappa shape index (κ1) is 28.9. The van der Waals surface area contributed by atoms with Gasteiger partial charge in [0.25, 0.3) is 22.7 Å². The van der Waals surface area contributed by atoms with Gasteiger partial charge < -0.3 is 26.1 Å². The van der Waals surface area contributed by atoms with Crippen molar-refractivity contribution in [2.75, 3.05) is 17.2 Å². The molecule has 3 aliphatic rings. The number of anilines is 3. The summed E-state index contributed by atoms with van der Waals surface area (Å²) in [6.07, 6.45) is 4.34. The Kier molecular flexibility index (Phi) is 7.07. The summed E-state index contributed by atoms with van der Waals surface area (Å²) < 4.78 is 0. The number of aromatic nitrogens is 2. The molecule has 0 saturated heterocycles. The molecule has 2 aliphatic heterocycles. The van der Waals surface area contributed by atoms with Crippen molar-refractivity contribution < 1.29 is 14.4 Å². The number of carbonyl (C=O) groups excluding carboxylic acids is 2. The molecule has 4 aromatic rings. The van der Waals surface area contributed by atoms with Gasteiger partial charge in [-0.2, -0.15) is 4.99 Å². The van der Waals surface area contributed by atoms with Crippen LogP contribution in [0.15, 0.2) is 69.8 Å². The first-order chi connectivity index (χ1) is 22.2. The Hall–Kier alpha value is -5.85. The van der Waals surface area contributed by atoms with Crippen LogP contribution in [0.5, 0.6) is 0 Å². The fourth-order valence-corrected chi connectivity index (χ4v) is 6.42. The lowest BCUT2D eigenvalue weighted by Crippen LogP contribution is -2.42. The summed E-state index contributed by atoms with van der Waals surface area (Å²) in [5.74, 6) is 0.0237. The summed E-state index contributed by atoms with van der Waals surface area (Å²) in [6.45, 7) is 6.46. The summed E-state index contributed by atoms with van der Waals surface area (Å²) >= 11 is 0. The Morgan fingerprint density at radius 2 is 1.89 bits per heavy atom. The van der Waals surface area contributed by atoms with Crippen LogP contribution in [0.2, 0.25) is 0 Å². The van der Waals surface area contributed by atoms with Gasteiger partial charge in [-0.25, -0.2) is 15.4 Å². The third-order valence-electron chi connectivity index (χ3n) is 8.80.